The van der Waals surface area contributed by atoms with Crippen molar-refractivity contribution in [2.75, 3.05) is 25.4 Å². The summed E-state index contributed by atoms with van der Waals surface area (Å²) in [5, 5.41) is 15.0. The number of rotatable bonds is 6. The van der Waals surface area contributed by atoms with Crippen LogP contribution in [-0.2, 0) is 0 Å². The molecule has 2 N–H and O–H groups in total. The number of benzene rings is 1. The van der Waals surface area contributed by atoms with Crippen LogP contribution in [0.2, 0.25) is 5.02 Å². The molecule has 1 amide bonds. The molecular weight excluding hydrogens is 381 g/mol. The molecule has 1 aliphatic heterocycles. The van der Waals surface area contributed by atoms with Crippen molar-refractivity contribution in [3.05, 3.63) is 41.2 Å². The predicted molar refractivity (Wildman–Crippen MR) is 103 cm³/mol. The van der Waals surface area contributed by atoms with Crippen LogP contribution in [-0.4, -0.2) is 46.3 Å². The average Bonchev–Trinajstić information content (AvgIpc) is 3.11. The van der Waals surface area contributed by atoms with Crippen LogP contribution < -0.4 is 10.6 Å². The lowest BCUT2D eigenvalue weighted by molar-refractivity contribution is 0.0951. The van der Waals surface area contributed by atoms with Crippen molar-refractivity contribution in [3.63, 3.8) is 0 Å². The van der Waals surface area contributed by atoms with Gasteiger partial charge in [0.1, 0.15) is 0 Å². The minimum atomic E-state index is -0.174. The zero-order valence-corrected chi connectivity index (χ0v) is 16.0. The first-order valence-corrected chi connectivity index (χ1v) is 9.38. The van der Waals surface area contributed by atoms with Gasteiger partial charge in [0, 0.05) is 22.2 Å². The molecule has 1 aromatic heterocycles. The Kier molecular flexibility index (Phi) is 8.02. The Balaban J connectivity index is 0.00000225. The van der Waals surface area contributed by atoms with Crippen LogP contribution in [0.25, 0.3) is 0 Å². The molecule has 0 radical (unpaired) electrons. The van der Waals surface area contributed by atoms with Crippen LogP contribution in [0, 0.1) is 0 Å². The minimum absolute atomic E-state index is 0. The number of amides is 1. The lowest BCUT2D eigenvalue weighted by Gasteiger charge is -2.22. The van der Waals surface area contributed by atoms with E-state index in [1.165, 1.54) is 0 Å². The van der Waals surface area contributed by atoms with Crippen molar-refractivity contribution in [3.8, 4) is 0 Å². The molecule has 0 aliphatic carbocycles. The molecule has 0 unspecified atom stereocenters. The molecule has 1 aliphatic rings. The Morgan fingerprint density at radius 3 is 2.76 bits per heavy atom. The molecule has 1 aromatic carbocycles. The van der Waals surface area contributed by atoms with Gasteiger partial charge in [-0.1, -0.05) is 16.8 Å². The van der Waals surface area contributed by atoms with Gasteiger partial charge in [0.05, 0.1) is 12.2 Å². The van der Waals surface area contributed by atoms with Crippen molar-refractivity contribution >= 4 is 41.7 Å². The number of hydrogen-bond donors (Lipinski definition) is 2. The molecule has 3 rings (SSSR count). The van der Waals surface area contributed by atoms with Gasteiger partial charge in [-0.2, -0.15) is 0 Å². The van der Waals surface area contributed by atoms with E-state index in [1.54, 1.807) is 18.0 Å². The van der Waals surface area contributed by atoms with E-state index in [1.807, 2.05) is 28.9 Å². The normalized spacial score (nSPS) is 14.8. The van der Waals surface area contributed by atoms with E-state index in [-0.39, 0.29) is 18.3 Å². The van der Waals surface area contributed by atoms with Gasteiger partial charge in [0.15, 0.2) is 5.69 Å². The Hall–Kier alpha value is -1.28. The van der Waals surface area contributed by atoms with Crippen molar-refractivity contribution in [1.29, 1.82) is 0 Å². The second-order valence-corrected chi connectivity index (χ2v) is 7.23. The Morgan fingerprint density at radius 2 is 2.04 bits per heavy atom. The summed E-state index contributed by atoms with van der Waals surface area (Å²) >= 11 is 7.53. The van der Waals surface area contributed by atoms with Crippen molar-refractivity contribution in [2.45, 2.75) is 23.8 Å². The maximum Gasteiger partial charge on any atom is 0.273 e. The fourth-order valence-electron chi connectivity index (χ4n) is 2.59. The number of thioether (sulfide) groups is 1. The highest BCUT2D eigenvalue weighted by molar-refractivity contribution is 7.99. The first-order chi connectivity index (χ1) is 11.7. The second kappa shape index (κ2) is 10.0. The highest BCUT2D eigenvalue weighted by Gasteiger charge is 2.18. The largest absolute Gasteiger partial charge is 0.350 e. The fraction of sp³-hybridized carbons (Fsp3) is 0.438. The Morgan fingerprint density at radius 1 is 1.32 bits per heavy atom. The van der Waals surface area contributed by atoms with E-state index >= 15 is 0 Å². The van der Waals surface area contributed by atoms with Crippen LogP contribution in [0.3, 0.4) is 0 Å². The molecular formula is C16H21Cl2N5OS. The molecule has 9 heteroatoms. The third kappa shape index (κ3) is 5.88. The van der Waals surface area contributed by atoms with Gasteiger partial charge >= 0.3 is 0 Å². The third-order valence-corrected chi connectivity index (χ3v) is 5.16. The van der Waals surface area contributed by atoms with E-state index < -0.39 is 0 Å². The van der Waals surface area contributed by atoms with Gasteiger partial charge in [0.2, 0.25) is 0 Å². The van der Waals surface area contributed by atoms with E-state index in [0.29, 0.717) is 18.3 Å². The number of nitrogens with one attached hydrogen (secondary N) is 2. The molecule has 25 heavy (non-hydrogen) atoms. The highest BCUT2D eigenvalue weighted by atomic mass is 35.5. The van der Waals surface area contributed by atoms with Crippen LogP contribution in [0.5, 0.6) is 0 Å². The molecule has 136 valence electrons. The summed E-state index contributed by atoms with van der Waals surface area (Å²) in [5.74, 6) is 0.613. The summed E-state index contributed by atoms with van der Waals surface area (Å²) in [6, 6.07) is 8.00. The monoisotopic (exact) mass is 401 g/mol. The smallest absolute Gasteiger partial charge is 0.273 e. The van der Waals surface area contributed by atoms with Crippen molar-refractivity contribution in [2.24, 2.45) is 0 Å². The van der Waals surface area contributed by atoms with Crippen LogP contribution in [0.1, 0.15) is 29.4 Å². The Labute approximate surface area is 162 Å². The molecule has 0 spiro atoms. The van der Waals surface area contributed by atoms with Crippen LogP contribution in [0.15, 0.2) is 35.4 Å². The SMILES string of the molecule is Cl.O=C(NCCSc1ccc(Cl)cc1)c1cn(C2CCNCC2)nn1. The van der Waals surface area contributed by atoms with E-state index in [2.05, 4.69) is 20.9 Å². The Bertz CT molecular complexity index is 673. The number of aromatic nitrogens is 3. The molecule has 1 saturated heterocycles. The maximum absolute atomic E-state index is 12.1. The third-order valence-electron chi connectivity index (χ3n) is 3.90. The van der Waals surface area contributed by atoms with E-state index in [4.69, 9.17) is 11.6 Å². The summed E-state index contributed by atoms with van der Waals surface area (Å²) in [5.41, 5.74) is 0.380. The van der Waals surface area contributed by atoms with Gasteiger partial charge in [-0.05, 0) is 50.2 Å². The van der Waals surface area contributed by atoms with Gasteiger partial charge in [-0.25, -0.2) is 4.68 Å². The van der Waals surface area contributed by atoms with Gasteiger partial charge < -0.3 is 10.6 Å². The van der Waals surface area contributed by atoms with Crippen molar-refractivity contribution < 1.29 is 4.79 Å². The van der Waals surface area contributed by atoms with Crippen LogP contribution >= 0.6 is 35.8 Å². The summed E-state index contributed by atoms with van der Waals surface area (Å²) < 4.78 is 1.82. The minimum Gasteiger partial charge on any atom is -0.350 e. The highest BCUT2D eigenvalue weighted by Crippen LogP contribution is 2.20. The second-order valence-electron chi connectivity index (χ2n) is 5.62. The zero-order valence-electron chi connectivity index (χ0n) is 13.7. The van der Waals surface area contributed by atoms with Gasteiger partial charge in [0.25, 0.3) is 5.91 Å². The molecule has 2 heterocycles. The predicted octanol–water partition coefficient (Wildman–Crippen LogP) is 2.80. The molecule has 6 nitrogen and oxygen atoms in total. The number of halogens is 2. The number of carbonyl (C=O) groups excluding carboxylic acids is 1. The number of carbonyl (C=O) groups is 1. The zero-order chi connectivity index (χ0) is 16.8. The average molecular weight is 402 g/mol. The lowest BCUT2D eigenvalue weighted by Crippen LogP contribution is -2.29. The molecule has 1 fully saturated rings. The molecule has 0 atom stereocenters. The first-order valence-electron chi connectivity index (χ1n) is 8.01. The molecule has 0 bridgehead atoms. The van der Waals surface area contributed by atoms with Crippen LogP contribution in [0.4, 0.5) is 0 Å². The van der Waals surface area contributed by atoms with E-state index in [9.17, 15) is 4.79 Å². The van der Waals surface area contributed by atoms with Crippen molar-refractivity contribution in [1.82, 2.24) is 25.6 Å². The maximum atomic E-state index is 12.1. The molecule has 0 saturated carbocycles. The van der Waals surface area contributed by atoms with Gasteiger partial charge in [-0.15, -0.1) is 29.3 Å². The van der Waals surface area contributed by atoms with Gasteiger partial charge in [-0.3, -0.25) is 4.79 Å². The topological polar surface area (TPSA) is 71.8 Å². The summed E-state index contributed by atoms with van der Waals surface area (Å²) in [4.78, 5) is 13.3. The van der Waals surface area contributed by atoms with E-state index in [0.717, 1.165) is 41.6 Å². The summed E-state index contributed by atoms with van der Waals surface area (Å²) in [7, 11) is 0. The number of nitrogens with zero attached hydrogens (tertiary/aromatic N) is 3. The fourth-order valence-corrected chi connectivity index (χ4v) is 3.48. The standard InChI is InChI=1S/C16H20ClN5OS.ClH/c17-12-1-3-14(4-2-12)24-10-9-19-16(23)15-11-22(21-20-15)13-5-7-18-8-6-13;/h1-4,11,13,18H,5-10H2,(H,19,23);1H. The summed E-state index contributed by atoms with van der Waals surface area (Å²) in [6.45, 7) is 2.54. The summed E-state index contributed by atoms with van der Waals surface area (Å²) in [6.07, 6.45) is 3.78. The quantitative estimate of drug-likeness (QED) is 0.574. The molecule has 2 aromatic rings. The first kappa shape index (κ1) is 20.0. The number of hydrogen-bond acceptors (Lipinski definition) is 5. The lowest BCUT2D eigenvalue weighted by atomic mass is 10.1. The number of piperidine rings is 1.